The minimum atomic E-state index is 0.500. The lowest BCUT2D eigenvalue weighted by Crippen LogP contribution is -1.93. The summed E-state index contributed by atoms with van der Waals surface area (Å²) in [6, 6.07) is 67.2. The van der Waals surface area contributed by atoms with E-state index < -0.39 is 0 Å². The predicted octanol–water partition coefficient (Wildman–Crippen LogP) is 27.2. The Morgan fingerprint density at radius 2 is 0.582 bits per heavy atom. The molecule has 79 heavy (non-hydrogen) atoms. The Bertz CT molecular complexity index is 2180. The smallest absolute Gasteiger partial charge is 0.0155 e. The van der Waals surface area contributed by atoms with E-state index >= 15 is 0 Å². The summed E-state index contributed by atoms with van der Waals surface area (Å²) in [4.78, 5) is 0. The summed E-state index contributed by atoms with van der Waals surface area (Å²) in [5, 5.41) is 0. The second-order valence-corrected chi connectivity index (χ2v) is 22.7. The van der Waals surface area contributed by atoms with Gasteiger partial charge >= 0.3 is 0 Å². The maximum Gasteiger partial charge on any atom is -0.0155 e. The molecule has 0 aromatic heterocycles. The molecule has 0 spiro atoms. The molecule has 0 unspecified atom stereocenters. The van der Waals surface area contributed by atoms with Gasteiger partial charge in [0, 0.05) is 0 Å². The molecule has 0 heteroatoms. The van der Waals surface area contributed by atoms with Gasteiger partial charge in [-0.3, -0.25) is 0 Å². The molecule has 0 nitrogen and oxygen atoms in total. The highest BCUT2D eigenvalue weighted by molar-refractivity contribution is 5.67. The van der Waals surface area contributed by atoms with Crippen LogP contribution in [0.5, 0.6) is 0 Å². The van der Waals surface area contributed by atoms with Gasteiger partial charge in [-0.25, -0.2) is 0 Å². The van der Waals surface area contributed by atoms with E-state index in [0.29, 0.717) is 5.41 Å². The molecule has 7 aromatic carbocycles. The molecular weight excluding hydrogens is 949 g/mol. The largest absolute Gasteiger partial charge is 0.0683 e. The SMILES string of the molecule is CC.CC(C)(C)C.CC(C)C.CCC.CCC(C)C.CCC(C)C.CCCC.CCCCC.Cc1ccc(-c2ccccc2)cc1.Cc1cccc(-c2ccccc2)c1.Cc1ccccc1.Cc1ccccc1-c1ccccc1. The van der Waals surface area contributed by atoms with Crippen molar-refractivity contribution in [3.8, 4) is 33.4 Å². The van der Waals surface area contributed by atoms with E-state index in [2.05, 4.69) is 317 Å². The molecule has 0 saturated carbocycles. The number of benzene rings is 7. The van der Waals surface area contributed by atoms with Crippen LogP contribution in [0.15, 0.2) is 194 Å². The Morgan fingerprint density at radius 3 is 0.861 bits per heavy atom. The fourth-order valence-corrected chi connectivity index (χ4v) is 5.23. The van der Waals surface area contributed by atoms with Crippen LogP contribution in [0.2, 0.25) is 0 Å². The number of aryl methyl sites for hydroxylation is 4. The lowest BCUT2D eigenvalue weighted by molar-refractivity contribution is 0.469. The average Bonchev–Trinajstić information content (AvgIpc) is 3.44. The average molecular weight is 1080 g/mol. The molecule has 0 bridgehead atoms. The maximum atomic E-state index is 2.22. The van der Waals surface area contributed by atoms with Gasteiger partial charge in [0.25, 0.3) is 0 Å². The Morgan fingerprint density at radius 1 is 0.316 bits per heavy atom. The van der Waals surface area contributed by atoms with Crippen LogP contribution in [-0.2, 0) is 0 Å². The molecule has 0 atom stereocenters. The first-order valence-corrected chi connectivity index (χ1v) is 30.9. The Hall–Kier alpha value is -5.46. The summed E-state index contributed by atoms with van der Waals surface area (Å²) in [5.41, 5.74) is 13.5. The summed E-state index contributed by atoms with van der Waals surface area (Å²) >= 11 is 0. The highest BCUT2D eigenvalue weighted by Crippen LogP contribution is 2.23. The zero-order chi connectivity index (χ0) is 61.3. The van der Waals surface area contributed by atoms with Crippen molar-refractivity contribution in [3.05, 3.63) is 216 Å². The second kappa shape index (κ2) is 58.7. The van der Waals surface area contributed by atoms with E-state index in [9.17, 15) is 0 Å². The van der Waals surface area contributed by atoms with Crippen LogP contribution in [0.3, 0.4) is 0 Å². The molecule has 0 aliphatic heterocycles. The van der Waals surface area contributed by atoms with Gasteiger partial charge in [0.15, 0.2) is 0 Å². The normalized spacial score (nSPS) is 9.32. The van der Waals surface area contributed by atoms with E-state index in [1.54, 1.807) is 0 Å². The van der Waals surface area contributed by atoms with Gasteiger partial charge in [-0.1, -0.05) is 408 Å². The fraction of sp³-hybridized carbons (Fsp3) is 0.468. The fourth-order valence-electron chi connectivity index (χ4n) is 5.23. The van der Waals surface area contributed by atoms with Crippen LogP contribution < -0.4 is 0 Å². The van der Waals surface area contributed by atoms with E-state index in [4.69, 9.17) is 0 Å². The molecular formula is C79H126. The third kappa shape index (κ3) is 61.6. The molecule has 7 aromatic rings. The molecule has 442 valence electrons. The van der Waals surface area contributed by atoms with E-state index in [1.165, 1.54) is 107 Å². The number of hydrogen-bond acceptors (Lipinski definition) is 0. The molecule has 0 aliphatic carbocycles. The molecule has 0 heterocycles. The van der Waals surface area contributed by atoms with Crippen LogP contribution in [0, 0.1) is 50.9 Å². The molecule has 0 radical (unpaired) electrons. The highest BCUT2D eigenvalue weighted by atomic mass is 14.0. The standard InChI is InChI=1S/3C13H12.C7H8.4C5H12.2C4H10.C3H8.C2H6/c1-11-7-5-6-10-13(11)12-8-3-2-4-9-12;1-11-6-5-9-13(10-11)12-7-3-2-4-8-12;1-11-7-9-13(10-8-11)12-5-3-2-4-6-12;1-7-5-3-2-4-6-7;1-5(2,3)4;2*1-4-5(2)3;1-3-5-4-2;1-4(2)3;1-3-4-2;1-3-2;1-2/h3*2-10H,1H3;2-6H,1H3;1-4H3;2*5H,4H2,1-3H3;3-5H2,1-2H3;4H,1-3H3;3-4H2,1-2H3;3H2,1-2H3;1-2H3. The van der Waals surface area contributed by atoms with Crippen molar-refractivity contribution in [1.29, 1.82) is 0 Å². The molecule has 0 amide bonds. The Labute approximate surface area is 494 Å². The first kappa shape index (κ1) is 82.4. The molecule has 7 rings (SSSR count). The van der Waals surface area contributed by atoms with Crippen molar-refractivity contribution < 1.29 is 0 Å². The number of hydrogen-bond donors (Lipinski definition) is 0. The van der Waals surface area contributed by atoms with E-state index in [0.717, 1.165) is 17.8 Å². The number of unbranched alkanes of at least 4 members (excludes halogenated alkanes) is 3. The first-order chi connectivity index (χ1) is 37.5. The zero-order valence-corrected chi connectivity index (χ0v) is 56.4. The van der Waals surface area contributed by atoms with Crippen molar-refractivity contribution >= 4 is 0 Å². The van der Waals surface area contributed by atoms with Crippen molar-refractivity contribution in [1.82, 2.24) is 0 Å². The van der Waals surface area contributed by atoms with Gasteiger partial charge < -0.3 is 0 Å². The predicted molar refractivity (Wildman–Crippen MR) is 370 cm³/mol. The summed E-state index contributed by atoms with van der Waals surface area (Å²) in [7, 11) is 0. The van der Waals surface area contributed by atoms with Gasteiger partial charge in [0.1, 0.15) is 0 Å². The van der Waals surface area contributed by atoms with Gasteiger partial charge in [0.2, 0.25) is 0 Å². The molecule has 0 N–H and O–H groups in total. The lowest BCUT2D eigenvalue weighted by atomic mass is 10.0. The Balaban J connectivity index is -0.000000264. The lowest BCUT2D eigenvalue weighted by Gasteiger charge is -2.05. The minimum Gasteiger partial charge on any atom is -0.0683 e. The maximum absolute atomic E-state index is 2.22. The first-order valence-electron chi connectivity index (χ1n) is 30.9. The molecule has 0 fully saturated rings. The summed E-state index contributed by atoms with van der Waals surface area (Å²) in [6.07, 6.45) is 10.6. The molecule has 0 aliphatic rings. The number of rotatable bonds is 8. The van der Waals surface area contributed by atoms with Gasteiger partial charge in [0.05, 0.1) is 0 Å². The zero-order valence-electron chi connectivity index (χ0n) is 56.4. The van der Waals surface area contributed by atoms with E-state index in [-0.39, 0.29) is 0 Å². The van der Waals surface area contributed by atoms with Crippen molar-refractivity contribution in [2.24, 2.45) is 23.2 Å². The summed E-state index contributed by atoms with van der Waals surface area (Å²) < 4.78 is 0. The Kier molecular flexibility index (Phi) is 61.2. The third-order valence-electron chi connectivity index (χ3n) is 10.3. The van der Waals surface area contributed by atoms with Gasteiger partial charge in [-0.05, 0) is 89.8 Å². The van der Waals surface area contributed by atoms with Crippen molar-refractivity contribution in [3.63, 3.8) is 0 Å². The van der Waals surface area contributed by atoms with Crippen molar-refractivity contribution in [2.75, 3.05) is 0 Å². The quantitative estimate of drug-likeness (QED) is 0.142. The topological polar surface area (TPSA) is 0 Å². The van der Waals surface area contributed by atoms with Crippen molar-refractivity contribution in [2.45, 2.75) is 224 Å². The van der Waals surface area contributed by atoms with E-state index in [1.807, 2.05) is 50.2 Å². The third-order valence-corrected chi connectivity index (χ3v) is 10.3. The van der Waals surface area contributed by atoms with Gasteiger partial charge in [-0.2, -0.15) is 0 Å². The van der Waals surface area contributed by atoms with Crippen LogP contribution in [0.1, 0.15) is 219 Å². The second-order valence-electron chi connectivity index (χ2n) is 22.7. The molecule has 0 saturated heterocycles. The van der Waals surface area contributed by atoms with Crippen LogP contribution in [0.4, 0.5) is 0 Å². The van der Waals surface area contributed by atoms with Crippen LogP contribution in [-0.4, -0.2) is 0 Å². The highest BCUT2D eigenvalue weighted by Gasteiger charge is 1.99. The van der Waals surface area contributed by atoms with Crippen LogP contribution >= 0.6 is 0 Å². The summed E-state index contributed by atoms with van der Waals surface area (Å²) in [5.74, 6) is 2.60. The monoisotopic (exact) mass is 1070 g/mol. The minimum absolute atomic E-state index is 0.500. The van der Waals surface area contributed by atoms with Gasteiger partial charge in [-0.15, -0.1) is 0 Å². The summed E-state index contributed by atoms with van der Waals surface area (Å²) in [6.45, 7) is 54.0. The van der Waals surface area contributed by atoms with Crippen LogP contribution in [0.25, 0.3) is 33.4 Å².